The van der Waals surface area contributed by atoms with Crippen LogP contribution in [0.25, 0.3) is 0 Å². The Kier molecular flexibility index (Phi) is 3.48. The standard InChI is InChI=1S/C16H17N3O/c1-19(15-5-8-17-9-6-15)16(20)13-3-2-12-4-7-18-11-14(12)10-13/h2-3,5-6,8-10,18H,4,7,11H2,1H3. The lowest BCUT2D eigenvalue weighted by Crippen LogP contribution is -2.28. The van der Waals surface area contributed by atoms with Crippen LogP contribution in [0.1, 0.15) is 21.5 Å². The molecule has 0 aliphatic carbocycles. The second-order valence-corrected chi connectivity index (χ2v) is 4.98. The van der Waals surface area contributed by atoms with E-state index in [1.54, 1.807) is 24.3 Å². The number of nitrogens with one attached hydrogen (secondary N) is 1. The van der Waals surface area contributed by atoms with E-state index in [1.807, 2.05) is 24.3 Å². The van der Waals surface area contributed by atoms with Gasteiger partial charge in [-0.25, -0.2) is 0 Å². The zero-order valence-electron chi connectivity index (χ0n) is 11.5. The number of carbonyl (C=O) groups excluding carboxylic acids is 1. The van der Waals surface area contributed by atoms with Crippen molar-refractivity contribution in [3.63, 3.8) is 0 Å². The van der Waals surface area contributed by atoms with Crippen LogP contribution < -0.4 is 10.2 Å². The van der Waals surface area contributed by atoms with Gasteiger partial charge in [0.25, 0.3) is 5.91 Å². The number of hydrogen-bond acceptors (Lipinski definition) is 3. The van der Waals surface area contributed by atoms with E-state index in [0.717, 1.165) is 30.8 Å². The first kappa shape index (κ1) is 12.8. The van der Waals surface area contributed by atoms with Gasteiger partial charge in [-0.15, -0.1) is 0 Å². The van der Waals surface area contributed by atoms with Gasteiger partial charge in [-0.1, -0.05) is 6.07 Å². The van der Waals surface area contributed by atoms with Crippen LogP contribution in [0.4, 0.5) is 5.69 Å². The number of anilines is 1. The molecule has 0 bridgehead atoms. The van der Waals surface area contributed by atoms with Crippen molar-refractivity contribution >= 4 is 11.6 Å². The van der Waals surface area contributed by atoms with E-state index in [-0.39, 0.29) is 5.91 Å². The molecule has 1 N–H and O–H groups in total. The fourth-order valence-corrected chi connectivity index (χ4v) is 2.49. The molecule has 2 aromatic rings. The Morgan fingerprint density at radius 2 is 2.00 bits per heavy atom. The van der Waals surface area contributed by atoms with Crippen molar-refractivity contribution in [2.45, 2.75) is 13.0 Å². The maximum atomic E-state index is 12.5. The van der Waals surface area contributed by atoms with Gasteiger partial charge in [-0.05, 0) is 48.4 Å². The summed E-state index contributed by atoms with van der Waals surface area (Å²) in [6.07, 6.45) is 4.41. The summed E-state index contributed by atoms with van der Waals surface area (Å²) in [6, 6.07) is 9.66. The van der Waals surface area contributed by atoms with Crippen LogP contribution in [0.2, 0.25) is 0 Å². The number of benzene rings is 1. The van der Waals surface area contributed by atoms with Gasteiger partial charge < -0.3 is 10.2 Å². The van der Waals surface area contributed by atoms with Crippen LogP contribution in [0.5, 0.6) is 0 Å². The highest BCUT2D eigenvalue weighted by Gasteiger charge is 2.16. The van der Waals surface area contributed by atoms with Crippen LogP contribution in [0, 0.1) is 0 Å². The topological polar surface area (TPSA) is 45.2 Å². The molecule has 2 heterocycles. The molecular weight excluding hydrogens is 250 g/mol. The summed E-state index contributed by atoms with van der Waals surface area (Å²) in [4.78, 5) is 18.1. The number of carbonyl (C=O) groups is 1. The third kappa shape index (κ3) is 2.42. The summed E-state index contributed by atoms with van der Waals surface area (Å²) in [7, 11) is 1.79. The van der Waals surface area contributed by atoms with Gasteiger partial charge in [-0.3, -0.25) is 9.78 Å². The lowest BCUT2D eigenvalue weighted by molar-refractivity contribution is 0.0993. The maximum Gasteiger partial charge on any atom is 0.258 e. The molecule has 1 aliphatic heterocycles. The average Bonchev–Trinajstić information content (AvgIpc) is 2.54. The minimum absolute atomic E-state index is 0.00423. The van der Waals surface area contributed by atoms with Gasteiger partial charge in [-0.2, -0.15) is 0 Å². The van der Waals surface area contributed by atoms with Crippen LogP contribution >= 0.6 is 0 Å². The van der Waals surface area contributed by atoms with Crippen LogP contribution in [0.15, 0.2) is 42.7 Å². The minimum Gasteiger partial charge on any atom is -0.312 e. The Morgan fingerprint density at radius 3 is 2.80 bits per heavy atom. The molecule has 1 aromatic carbocycles. The molecule has 0 atom stereocenters. The first-order valence-electron chi connectivity index (χ1n) is 6.76. The summed E-state index contributed by atoms with van der Waals surface area (Å²) < 4.78 is 0. The molecule has 0 radical (unpaired) electrons. The quantitative estimate of drug-likeness (QED) is 0.905. The van der Waals surface area contributed by atoms with E-state index in [0.29, 0.717) is 0 Å². The molecule has 1 aromatic heterocycles. The van der Waals surface area contributed by atoms with Gasteiger partial charge in [0.15, 0.2) is 0 Å². The smallest absolute Gasteiger partial charge is 0.258 e. The Balaban J connectivity index is 1.87. The normalized spacial score (nSPS) is 13.7. The van der Waals surface area contributed by atoms with E-state index in [4.69, 9.17) is 0 Å². The summed E-state index contributed by atoms with van der Waals surface area (Å²) >= 11 is 0. The number of fused-ring (bicyclic) bond motifs is 1. The predicted octanol–water partition coefficient (Wildman–Crippen LogP) is 2.00. The fraction of sp³-hybridized carbons (Fsp3) is 0.250. The molecule has 0 saturated carbocycles. The third-order valence-electron chi connectivity index (χ3n) is 3.69. The molecule has 20 heavy (non-hydrogen) atoms. The van der Waals surface area contributed by atoms with E-state index >= 15 is 0 Å². The summed E-state index contributed by atoms with van der Waals surface area (Å²) in [5.74, 6) is 0.00423. The van der Waals surface area contributed by atoms with Gasteiger partial charge >= 0.3 is 0 Å². The minimum atomic E-state index is 0.00423. The lowest BCUT2D eigenvalue weighted by Gasteiger charge is -2.20. The lowest BCUT2D eigenvalue weighted by atomic mass is 9.98. The second-order valence-electron chi connectivity index (χ2n) is 4.98. The monoisotopic (exact) mass is 267 g/mol. The molecule has 1 aliphatic rings. The molecule has 0 spiro atoms. The molecular formula is C16H17N3O. The third-order valence-corrected chi connectivity index (χ3v) is 3.69. The van der Waals surface area contributed by atoms with Crippen molar-refractivity contribution < 1.29 is 4.79 Å². The maximum absolute atomic E-state index is 12.5. The SMILES string of the molecule is CN(C(=O)c1ccc2c(c1)CNCC2)c1ccncc1. The van der Waals surface area contributed by atoms with Crippen molar-refractivity contribution in [1.82, 2.24) is 10.3 Å². The summed E-state index contributed by atoms with van der Waals surface area (Å²) in [5.41, 5.74) is 4.14. The van der Waals surface area contributed by atoms with Gasteiger partial charge in [0, 0.05) is 37.2 Å². The fourth-order valence-electron chi connectivity index (χ4n) is 2.49. The summed E-state index contributed by atoms with van der Waals surface area (Å²) in [5, 5.41) is 3.33. The molecule has 1 amide bonds. The first-order valence-corrected chi connectivity index (χ1v) is 6.76. The molecule has 0 saturated heterocycles. The van der Waals surface area contributed by atoms with Crippen LogP contribution in [-0.4, -0.2) is 24.5 Å². The summed E-state index contributed by atoms with van der Waals surface area (Å²) in [6.45, 7) is 1.85. The number of nitrogens with zero attached hydrogens (tertiary/aromatic N) is 2. The Bertz CT molecular complexity index is 625. The predicted molar refractivity (Wildman–Crippen MR) is 78.8 cm³/mol. The Labute approximate surface area is 118 Å². The molecule has 0 unspecified atom stereocenters. The number of pyridine rings is 1. The number of amides is 1. The van der Waals surface area contributed by atoms with E-state index in [9.17, 15) is 4.79 Å². The highest BCUT2D eigenvalue weighted by molar-refractivity contribution is 6.05. The number of rotatable bonds is 2. The van der Waals surface area contributed by atoms with E-state index < -0.39 is 0 Å². The zero-order valence-corrected chi connectivity index (χ0v) is 11.5. The van der Waals surface area contributed by atoms with E-state index in [1.165, 1.54) is 11.1 Å². The largest absolute Gasteiger partial charge is 0.312 e. The molecule has 102 valence electrons. The van der Waals surface area contributed by atoms with Crippen molar-refractivity contribution in [1.29, 1.82) is 0 Å². The van der Waals surface area contributed by atoms with Crippen LogP contribution in [-0.2, 0) is 13.0 Å². The van der Waals surface area contributed by atoms with Gasteiger partial charge in [0.2, 0.25) is 0 Å². The molecule has 4 nitrogen and oxygen atoms in total. The highest BCUT2D eigenvalue weighted by atomic mass is 16.2. The van der Waals surface area contributed by atoms with Crippen molar-refractivity contribution in [3.05, 3.63) is 59.4 Å². The number of aromatic nitrogens is 1. The Hall–Kier alpha value is -2.20. The zero-order chi connectivity index (χ0) is 13.9. The van der Waals surface area contributed by atoms with Crippen molar-refractivity contribution in [2.24, 2.45) is 0 Å². The average molecular weight is 267 g/mol. The second kappa shape index (κ2) is 5.43. The highest BCUT2D eigenvalue weighted by Crippen LogP contribution is 2.19. The Morgan fingerprint density at radius 1 is 1.20 bits per heavy atom. The van der Waals surface area contributed by atoms with Gasteiger partial charge in [0.05, 0.1) is 0 Å². The van der Waals surface area contributed by atoms with Gasteiger partial charge in [0.1, 0.15) is 0 Å². The molecule has 0 fully saturated rings. The van der Waals surface area contributed by atoms with Crippen molar-refractivity contribution in [2.75, 3.05) is 18.5 Å². The number of hydrogen-bond donors (Lipinski definition) is 1. The molecule has 3 rings (SSSR count). The van der Waals surface area contributed by atoms with Crippen molar-refractivity contribution in [3.8, 4) is 0 Å². The molecule has 4 heteroatoms. The van der Waals surface area contributed by atoms with Crippen LogP contribution in [0.3, 0.4) is 0 Å². The van der Waals surface area contributed by atoms with E-state index in [2.05, 4.69) is 16.4 Å². The first-order chi connectivity index (χ1) is 9.75.